The first-order valence-electron chi connectivity index (χ1n) is 3.72. The molecule has 0 radical (unpaired) electrons. The van der Waals surface area contributed by atoms with Gasteiger partial charge in [0.05, 0.1) is 10.6 Å². The lowest BCUT2D eigenvalue weighted by molar-refractivity contribution is -0.384. The highest BCUT2D eigenvalue weighted by molar-refractivity contribution is 6.01. The molecule has 1 aromatic rings. The van der Waals surface area contributed by atoms with Gasteiger partial charge in [-0.15, -0.1) is 0 Å². The van der Waals surface area contributed by atoms with E-state index in [0.717, 1.165) is 6.07 Å². The molecule has 0 aliphatic rings. The molecule has 0 unspecified atom stereocenters. The first kappa shape index (κ1) is 9.97. The smallest absolute Gasteiger partial charge is 0.270 e. The molecule has 74 valence electrons. The summed E-state index contributed by atoms with van der Waals surface area (Å²) in [6.07, 6.45) is 0. The van der Waals surface area contributed by atoms with Crippen LogP contribution < -0.4 is 0 Å². The molecule has 0 saturated heterocycles. The quantitative estimate of drug-likeness (QED) is 0.324. The van der Waals surface area contributed by atoms with Crippen LogP contribution in [0, 0.1) is 10.1 Å². The molecule has 0 amide bonds. The number of phenols is 1. The van der Waals surface area contributed by atoms with E-state index in [1.807, 2.05) is 0 Å². The van der Waals surface area contributed by atoms with Crippen LogP contribution in [0.2, 0.25) is 0 Å². The molecular weight excluding hydrogens is 188 g/mol. The van der Waals surface area contributed by atoms with Crippen LogP contribution in [0.5, 0.6) is 5.75 Å². The van der Waals surface area contributed by atoms with Gasteiger partial charge in [-0.1, -0.05) is 5.16 Å². The van der Waals surface area contributed by atoms with E-state index in [-0.39, 0.29) is 22.7 Å². The summed E-state index contributed by atoms with van der Waals surface area (Å²) in [6, 6.07) is 3.50. The lowest BCUT2D eigenvalue weighted by Gasteiger charge is -2.01. The lowest BCUT2D eigenvalue weighted by atomic mass is 10.1. The zero-order valence-electron chi connectivity index (χ0n) is 7.34. The Bertz CT molecular complexity index is 400. The fraction of sp³-hybridized carbons (Fsp3) is 0.125. The van der Waals surface area contributed by atoms with Crippen molar-refractivity contribution in [2.75, 3.05) is 0 Å². The summed E-state index contributed by atoms with van der Waals surface area (Å²) in [4.78, 5) is 9.81. The predicted molar refractivity (Wildman–Crippen MR) is 48.8 cm³/mol. The normalized spacial score (nSPS) is 11.4. The topological polar surface area (TPSA) is 96.0 Å². The van der Waals surface area contributed by atoms with E-state index in [1.54, 1.807) is 0 Å². The van der Waals surface area contributed by atoms with Gasteiger partial charge in [-0.25, -0.2) is 0 Å². The van der Waals surface area contributed by atoms with Crippen LogP contribution in [-0.4, -0.2) is 20.9 Å². The Morgan fingerprint density at radius 3 is 2.71 bits per heavy atom. The summed E-state index contributed by atoms with van der Waals surface area (Å²) in [5.41, 5.74) is 0.0914. The number of rotatable bonds is 2. The molecular formula is C8H8N2O4. The Labute approximate surface area is 79.3 Å². The number of benzene rings is 1. The molecule has 1 aromatic carbocycles. The van der Waals surface area contributed by atoms with Crippen LogP contribution in [0.1, 0.15) is 12.5 Å². The molecule has 0 fully saturated rings. The first-order valence-corrected chi connectivity index (χ1v) is 3.72. The highest BCUT2D eigenvalue weighted by atomic mass is 16.6. The fourth-order valence-corrected chi connectivity index (χ4v) is 0.981. The number of phenolic OH excluding ortho intramolecular Hbond substituents is 1. The van der Waals surface area contributed by atoms with Gasteiger partial charge in [0.15, 0.2) is 0 Å². The van der Waals surface area contributed by atoms with E-state index >= 15 is 0 Å². The van der Waals surface area contributed by atoms with Crippen molar-refractivity contribution in [2.45, 2.75) is 6.92 Å². The number of hydrogen-bond acceptors (Lipinski definition) is 5. The van der Waals surface area contributed by atoms with E-state index in [0.29, 0.717) is 0 Å². The van der Waals surface area contributed by atoms with Gasteiger partial charge in [0.1, 0.15) is 5.75 Å². The van der Waals surface area contributed by atoms with Gasteiger partial charge in [0.2, 0.25) is 0 Å². The van der Waals surface area contributed by atoms with E-state index in [1.165, 1.54) is 19.1 Å². The van der Waals surface area contributed by atoms with E-state index < -0.39 is 4.92 Å². The zero-order chi connectivity index (χ0) is 10.7. The van der Waals surface area contributed by atoms with Gasteiger partial charge in [-0.05, 0) is 13.0 Å². The van der Waals surface area contributed by atoms with Crippen molar-refractivity contribution < 1.29 is 15.2 Å². The average Bonchev–Trinajstić information content (AvgIpc) is 2.17. The molecule has 0 heterocycles. The third kappa shape index (κ3) is 1.79. The number of hydrogen-bond donors (Lipinski definition) is 2. The number of nitro benzene ring substituents is 1. The zero-order valence-corrected chi connectivity index (χ0v) is 7.34. The van der Waals surface area contributed by atoms with Crippen LogP contribution in [0.4, 0.5) is 5.69 Å². The van der Waals surface area contributed by atoms with Crippen LogP contribution >= 0.6 is 0 Å². The van der Waals surface area contributed by atoms with E-state index in [9.17, 15) is 15.2 Å². The Hall–Kier alpha value is -2.11. The molecule has 0 aliphatic carbocycles. The van der Waals surface area contributed by atoms with Crippen molar-refractivity contribution >= 4 is 11.4 Å². The van der Waals surface area contributed by atoms with Gasteiger partial charge in [0, 0.05) is 17.7 Å². The van der Waals surface area contributed by atoms with Crippen molar-refractivity contribution in [1.29, 1.82) is 0 Å². The van der Waals surface area contributed by atoms with Gasteiger partial charge in [0.25, 0.3) is 5.69 Å². The Morgan fingerprint density at radius 1 is 1.57 bits per heavy atom. The van der Waals surface area contributed by atoms with Gasteiger partial charge in [-0.2, -0.15) is 0 Å². The highest BCUT2D eigenvalue weighted by Gasteiger charge is 2.12. The van der Waals surface area contributed by atoms with Crippen LogP contribution in [0.3, 0.4) is 0 Å². The molecule has 0 bridgehead atoms. The van der Waals surface area contributed by atoms with Gasteiger partial charge >= 0.3 is 0 Å². The number of non-ortho nitro benzene ring substituents is 1. The van der Waals surface area contributed by atoms with Crippen molar-refractivity contribution in [3.63, 3.8) is 0 Å². The van der Waals surface area contributed by atoms with Crippen molar-refractivity contribution in [2.24, 2.45) is 5.16 Å². The molecule has 2 N–H and O–H groups in total. The molecule has 0 saturated carbocycles. The number of aromatic hydroxyl groups is 1. The summed E-state index contributed by atoms with van der Waals surface area (Å²) in [6.45, 7) is 1.43. The second-order valence-electron chi connectivity index (χ2n) is 2.64. The minimum Gasteiger partial charge on any atom is -0.507 e. The summed E-state index contributed by atoms with van der Waals surface area (Å²) < 4.78 is 0. The third-order valence-corrected chi connectivity index (χ3v) is 1.73. The monoisotopic (exact) mass is 196 g/mol. The van der Waals surface area contributed by atoms with E-state index in [4.69, 9.17) is 5.21 Å². The molecule has 0 aromatic heterocycles. The summed E-state index contributed by atoms with van der Waals surface area (Å²) in [7, 11) is 0. The minimum absolute atomic E-state index is 0.117. The maximum atomic E-state index is 10.4. The average molecular weight is 196 g/mol. The number of oxime groups is 1. The Morgan fingerprint density at radius 2 is 2.21 bits per heavy atom. The van der Waals surface area contributed by atoms with Gasteiger partial charge in [-0.3, -0.25) is 10.1 Å². The van der Waals surface area contributed by atoms with Crippen LogP contribution in [-0.2, 0) is 0 Å². The van der Waals surface area contributed by atoms with Crippen LogP contribution in [0.15, 0.2) is 23.4 Å². The summed E-state index contributed by atoms with van der Waals surface area (Å²) in [5, 5.41) is 31.0. The largest absolute Gasteiger partial charge is 0.507 e. The molecule has 6 nitrogen and oxygen atoms in total. The summed E-state index contributed by atoms with van der Waals surface area (Å²) >= 11 is 0. The minimum atomic E-state index is -0.590. The molecule has 6 heteroatoms. The Balaban J connectivity index is 3.28. The highest BCUT2D eigenvalue weighted by Crippen LogP contribution is 2.23. The second-order valence-corrected chi connectivity index (χ2v) is 2.64. The fourth-order valence-electron chi connectivity index (χ4n) is 0.981. The number of nitrogens with zero attached hydrogens (tertiary/aromatic N) is 2. The van der Waals surface area contributed by atoms with Gasteiger partial charge < -0.3 is 10.3 Å². The molecule has 0 spiro atoms. The lowest BCUT2D eigenvalue weighted by Crippen LogP contribution is -1.97. The standard InChI is InChI=1S/C8H8N2O4/c1-5(9-12)7-4-6(10(13)14)2-3-8(7)11/h2-4,11-12H,1H3/b9-5-. The number of nitro groups is 1. The molecule has 0 atom stereocenters. The molecule has 14 heavy (non-hydrogen) atoms. The molecule has 0 aliphatic heterocycles. The van der Waals surface area contributed by atoms with Crippen molar-refractivity contribution in [3.05, 3.63) is 33.9 Å². The third-order valence-electron chi connectivity index (χ3n) is 1.73. The SMILES string of the molecule is C/C(=N/O)c1cc([N+](=O)[O-])ccc1O. The first-order chi connectivity index (χ1) is 6.56. The van der Waals surface area contributed by atoms with Crippen molar-refractivity contribution in [1.82, 2.24) is 0 Å². The predicted octanol–water partition coefficient (Wildman–Crippen LogP) is 1.50. The van der Waals surface area contributed by atoms with Crippen molar-refractivity contribution in [3.8, 4) is 5.75 Å². The van der Waals surface area contributed by atoms with E-state index in [2.05, 4.69) is 5.16 Å². The molecule has 1 rings (SSSR count). The Kier molecular flexibility index (Phi) is 2.66. The summed E-state index contributed by atoms with van der Waals surface area (Å²) in [5.74, 6) is -0.161. The second kappa shape index (κ2) is 3.73. The maximum absolute atomic E-state index is 10.4. The van der Waals surface area contributed by atoms with Crippen LogP contribution in [0.25, 0.3) is 0 Å². The maximum Gasteiger partial charge on any atom is 0.270 e.